The number of rotatable bonds is 13. The van der Waals surface area contributed by atoms with Gasteiger partial charge in [0.2, 0.25) is 0 Å². The summed E-state index contributed by atoms with van der Waals surface area (Å²) in [6.45, 7) is 13.5. The maximum absolute atomic E-state index is 12.7. The summed E-state index contributed by atoms with van der Waals surface area (Å²) in [5.41, 5.74) is 0.585. The highest BCUT2D eigenvalue weighted by molar-refractivity contribution is 5.84. The van der Waals surface area contributed by atoms with Gasteiger partial charge < -0.3 is 14.2 Å². The molecule has 1 atom stereocenters. The number of hydrogen-bond donors (Lipinski definition) is 0. The van der Waals surface area contributed by atoms with Crippen molar-refractivity contribution in [2.75, 3.05) is 13.2 Å². The van der Waals surface area contributed by atoms with Gasteiger partial charge in [0, 0.05) is 9.15 Å². The SMILES string of the molecule is CCC(C)c1ccc2cc(OCC(=O)OCC(F)(F)C(F)(F)F)ccc2c1.CCC(CC)(CC)OC(=O)C(C)(C)CC.FF. The first kappa shape index (κ1) is 41.0. The van der Waals surface area contributed by atoms with E-state index < -0.39 is 31.3 Å². The van der Waals surface area contributed by atoms with Crippen molar-refractivity contribution in [2.24, 2.45) is 5.41 Å². The lowest BCUT2D eigenvalue weighted by molar-refractivity contribution is -0.294. The highest BCUT2D eigenvalue weighted by atomic mass is 20.0. The van der Waals surface area contributed by atoms with Gasteiger partial charge in [-0.25, -0.2) is 4.79 Å². The quantitative estimate of drug-likeness (QED) is 0.161. The maximum Gasteiger partial charge on any atom is 0.456 e. The summed E-state index contributed by atoms with van der Waals surface area (Å²) in [5.74, 6) is -5.78. The van der Waals surface area contributed by atoms with E-state index in [4.69, 9.17) is 18.6 Å². The minimum absolute atomic E-state index is 0.0597. The molecule has 0 saturated heterocycles. The van der Waals surface area contributed by atoms with Crippen LogP contribution in [0, 0.1) is 5.41 Å². The van der Waals surface area contributed by atoms with E-state index >= 15 is 0 Å². The number of carbonyl (C=O) groups excluding carboxylic acids is 2. The van der Waals surface area contributed by atoms with Gasteiger partial charge >= 0.3 is 24.0 Å². The number of benzene rings is 2. The standard InChI is InChI=1S/C19H19F5O3.C13H26O2.F2/c1-3-12(2)13-4-5-15-9-16(7-6-14(15)8-13)26-10-17(25)27-11-18(20,21)19(22,23)24;1-7-12(5,6)11(14)15-13(8-2,9-3)10-4;1-2/h4-9,12H,3,10-11H2,1-2H3;7-10H2,1-6H3;. The van der Waals surface area contributed by atoms with Gasteiger partial charge in [-0.05, 0) is 80.3 Å². The van der Waals surface area contributed by atoms with Crippen molar-refractivity contribution in [3.8, 4) is 5.75 Å². The number of ether oxygens (including phenoxy) is 3. The van der Waals surface area contributed by atoms with Crippen LogP contribution in [0.25, 0.3) is 10.8 Å². The number of fused-ring (bicyclic) bond motifs is 1. The van der Waals surface area contributed by atoms with Gasteiger partial charge in [-0.3, -0.25) is 4.79 Å². The van der Waals surface area contributed by atoms with Crippen LogP contribution in [0.1, 0.15) is 99.0 Å². The summed E-state index contributed by atoms with van der Waals surface area (Å²) in [6.07, 6.45) is -1.27. The number of halogens is 7. The van der Waals surface area contributed by atoms with Crippen LogP contribution in [0.5, 0.6) is 5.75 Å². The van der Waals surface area contributed by atoms with E-state index in [-0.39, 0.29) is 22.7 Å². The van der Waals surface area contributed by atoms with Crippen LogP contribution in [-0.2, 0) is 19.1 Å². The third kappa shape index (κ3) is 12.1. The number of alkyl halides is 5. The second-order valence-corrected chi connectivity index (χ2v) is 11.1. The summed E-state index contributed by atoms with van der Waals surface area (Å²) in [6, 6.07) is 10.9. The van der Waals surface area contributed by atoms with Crippen molar-refractivity contribution < 1.29 is 54.9 Å². The molecular weight excluding hydrogens is 597 g/mol. The van der Waals surface area contributed by atoms with Crippen LogP contribution in [-0.4, -0.2) is 42.9 Å². The Balaban J connectivity index is 0.000000926. The average Bonchev–Trinajstić information content (AvgIpc) is 3.01. The van der Waals surface area contributed by atoms with Crippen LogP contribution >= 0.6 is 0 Å². The second-order valence-electron chi connectivity index (χ2n) is 11.1. The Kier molecular flexibility index (Phi) is 16.8. The molecule has 252 valence electrons. The first-order valence-corrected chi connectivity index (χ1v) is 14.5. The van der Waals surface area contributed by atoms with E-state index in [0.717, 1.165) is 42.9 Å². The number of esters is 2. The molecule has 12 heteroatoms. The van der Waals surface area contributed by atoms with Crippen molar-refractivity contribution in [1.82, 2.24) is 0 Å². The van der Waals surface area contributed by atoms with Crippen molar-refractivity contribution in [2.45, 2.75) is 111 Å². The molecule has 0 heterocycles. The van der Waals surface area contributed by atoms with Crippen molar-refractivity contribution in [1.29, 1.82) is 0 Å². The number of carbonyl (C=O) groups is 2. The van der Waals surface area contributed by atoms with E-state index in [2.05, 4.69) is 39.4 Å². The highest BCUT2D eigenvalue weighted by Crippen LogP contribution is 2.35. The fourth-order valence-corrected chi connectivity index (χ4v) is 3.76. The maximum atomic E-state index is 12.7. The van der Waals surface area contributed by atoms with Gasteiger partial charge in [-0.1, -0.05) is 65.8 Å². The highest BCUT2D eigenvalue weighted by Gasteiger charge is 2.58. The van der Waals surface area contributed by atoms with Crippen LogP contribution in [0.4, 0.5) is 31.1 Å². The Morgan fingerprint density at radius 3 is 1.80 bits per heavy atom. The monoisotopic (exact) mass is 642 g/mol. The first-order chi connectivity index (χ1) is 20.4. The lowest BCUT2D eigenvalue weighted by Crippen LogP contribution is -2.41. The molecule has 0 aliphatic heterocycles. The van der Waals surface area contributed by atoms with Gasteiger partial charge in [0.05, 0.1) is 5.41 Å². The fraction of sp³-hybridized carbons (Fsp3) is 0.625. The number of hydrogen-bond acceptors (Lipinski definition) is 5. The molecular formula is C32H45F7O5. The Labute approximate surface area is 255 Å². The van der Waals surface area contributed by atoms with E-state index in [0.29, 0.717) is 5.92 Å². The molecule has 0 spiro atoms. The van der Waals surface area contributed by atoms with Crippen LogP contribution in [0.3, 0.4) is 0 Å². The van der Waals surface area contributed by atoms with Gasteiger partial charge in [0.15, 0.2) is 13.2 Å². The van der Waals surface area contributed by atoms with Gasteiger partial charge in [-0.15, -0.1) is 0 Å². The van der Waals surface area contributed by atoms with E-state index in [9.17, 15) is 31.5 Å². The van der Waals surface area contributed by atoms with Crippen molar-refractivity contribution in [3.05, 3.63) is 42.0 Å². The summed E-state index contributed by atoms with van der Waals surface area (Å²) in [7, 11) is 0. The predicted molar refractivity (Wildman–Crippen MR) is 156 cm³/mol. The Morgan fingerprint density at radius 2 is 1.32 bits per heavy atom. The summed E-state index contributed by atoms with van der Waals surface area (Å²) in [5, 5.41) is 1.81. The van der Waals surface area contributed by atoms with Gasteiger partial charge in [0.25, 0.3) is 0 Å². The van der Waals surface area contributed by atoms with E-state index in [1.165, 1.54) is 5.56 Å². The zero-order valence-corrected chi connectivity index (χ0v) is 26.7. The Bertz CT molecular complexity index is 1150. The lowest BCUT2D eigenvalue weighted by atomic mass is 9.88. The molecule has 0 amide bonds. The third-order valence-electron chi connectivity index (χ3n) is 7.88. The van der Waals surface area contributed by atoms with Crippen molar-refractivity contribution in [3.63, 3.8) is 0 Å². The smallest absolute Gasteiger partial charge is 0.456 e. The molecule has 0 fully saturated rings. The third-order valence-corrected chi connectivity index (χ3v) is 7.88. The summed E-state index contributed by atoms with van der Waals surface area (Å²) in [4.78, 5) is 23.3. The summed E-state index contributed by atoms with van der Waals surface area (Å²) < 4.78 is 92.2. The average molecular weight is 643 g/mol. The minimum Gasteiger partial charge on any atom is -0.482 e. The Hall–Kier alpha value is -3.05. The molecule has 2 aromatic carbocycles. The molecule has 0 aliphatic carbocycles. The van der Waals surface area contributed by atoms with Gasteiger partial charge in [-0.2, -0.15) is 22.0 Å². The predicted octanol–water partition coefficient (Wildman–Crippen LogP) is 10.2. The first-order valence-electron chi connectivity index (χ1n) is 14.5. The lowest BCUT2D eigenvalue weighted by Gasteiger charge is -2.34. The second kappa shape index (κ2) is 18.0. The van der Waals surface area contributed by atoms with Gasteiger partial charge in [0.1, 0.15) is 11.4 Å². The molecule has 0 aromatic heterocycles. The molecule has 1 unspecified atom stereocenters. The minimum atomic E-state index is -5.78. The van der Waals surface area contributed by atoms with E-state index in [1.54, 1.807) is 18.2 Å². The molecule has 44 heavy (non-hydrogen) atoms. The molecule has 5 nitrogen and oxygen atoms in total. The fourth-order valence-electron chi connectivity index (χ4n) is 3.76. The molecule has 0 radical (unpaired) electrons. The largest absolute Gasteiger partial charge is 0.482 e. The molecule has 2 rings (SSSR count). The van der Waals surface area contributed by atoms with E-state index in [1.807, 2.05) is 39.0 Å². The molecule has 0 N–H and O–H groups in total. The van der Waals surface area contributed by atoms with Crippen LogP contribution in [0.2, 0.25) is 0 Å². The van der Waals surface area contributed by atoms with Crippen LogP contribution < -0.4 is 4.74 Å². The van der Waals surface area contributed by atoms with Crippen LogP contribution in [0.15, 0.2) is 36.4 Å². The molecule has 0 saturated carbocycles. The van der Waals surface area contributed by atoms with Crippen molar-refractivity contribution >= 4 is 22.7 Å². The summed E-state index contributed by atoms with van der Waals surface area (Å²) >= 11 is 0. The molecule has 0 aliphatic rings. The molecule has 0 bridgehead atoms. The topological polar surface area (TPSA) is 61.8 Å². The zero-order valence-electron chi connectivity index (χ0n) is 26.7. The Morgan fingerprint density at radius 1 is 0.795 bits per heavy atom. The molecule has 2 aromatic rings. The zero-order chi connectivity index (χ0) is 34.4. The normalized spacial score (nSPS) is 12.7.